The lowest BCUT2D eigenvalue weighted by Crippen LogP contribution is -2.43. The van der Waals surface area contributed by atoms with Gasteiger partial charge in [0.15, 0.2) is 0 Å². The first kappa shape index (κ1) is 20.5. The van der Waals surface area contributed by atoms with Crippen molar-refractivity contribution in [2.24, 2.45) is 5.73 Å². The molecule has 9 heteroatoms. The van der Waals surface area contributed by atoms with Gasteiger partial charge in [0.2, 0.25) is 5.91 Å². The monoisotopic (exact) mass is 418 g/mol. The zero-order chi connectivity index (χ0) is 20.4. The van der Waals surface area contributed by atoms with Crippen LogP contribution in [0.2, 0.25) is 0 Å². The van der Waals surface area contributed by atoms with Gasteiger partial charge < -0.3 is 15.8 Å². The van der Waals surface area contributed by atoms with E-state index in [-0.39, 0.29) is 5.91 Å². The molecule has 4 rings (SSSR count). The fourth-order valence-corrected chi connectivity index (χ4v) is 5.13. The van der Waals surface area contributed by atoms with Crippen molar-refractivity contribution in [2.75, 3.05) is 51.3 Å². The number of thiophene rings is 1. The van der Waals surface area contributed by atoms with Gasteiger partial charge >= 0.3 is 0 Å². The van der Waals surface area contributed by atoms with Crippen molar-refractivity contribution in [1.82, 2.24) is 19.8 Å². The SMILES string of the molecule is Cc1sc2nc(CN3CCOCC3)nc(NC3CCN(CC(N)=O)CC3)c2c1C. The van der Waals surface area contributed by atoms with E-state index in [2.05, 4.69) is 29.0 Å². The molecule has 0 spiro atoms. The van der Waals surface area contributed by atoms with Gasteiger partial charge in [-0.1, -0.05) is 0 Å². The molecule has 2 saturated heterocycles. The Hall–Kier alpha value is -1.81. The van der Waals surface area contributed by atoms with Crippen LogP contribution in [-0.2, 0) is 16.1 Å². The third-order valence-electron chi connectivity index (χ3n) is 5.85. The Labute approximate surface area is 175 Å². The number of hydrogen-bond acceptors (Lipinski definition) is 8. The molecule has 0 unspecified atom stereocenters. The number of amides is 1. The molecule has 2 aliphatic rings. The number of primary amides is 1. The number of nitrogens with two attached hydrogens (primary N) is 1. The number of carbonyl (C=O) groups is 1. The number of aromatic nitrogens is 2. The summed E-state index contributed by atoms with van der Waals surface area (Å²) in [6.45, 7) is 10.5. The molecule has 0 atom stereocenters. The zero-order valence-electron chi connectivity index (χ0n) is 17.2. The number of nitrogens with one attached hydrogen (secondary N) is 1. The second kappa shape index (κ2) is 8.91. The highest BCUT2D eigenvalue weighted by atomic mass is 32.1. The standard InChI is InChI=1S/C20H30N6O2S/c1-13-14(2)29-20-18(13)19(22-15-3-5-25(6-4-15)11-16(21)27)23-17(24-20)12-26-7-9-28-10-8-26/h15H,3-12H2,1-2H3,(H2,21,27)(H,22,23,24). The second-order valence-electron chi connectivity index (χ2n) is 8.00. The van der Waals surface area contributed by atoms with Crippen LogP contribution in [0.1, 0.15) is 29.1 Å². The van der Waals surface area contributed by atoms with Crippen LogP contribution in [0, 0.1) is 13.8 Å². The van der Waals surface area contributed by atoms with E-state index in [1.54, 1.807) is 11.3 Å². The largest absolute Gasteiger partial charge is 0.379 e. The van der Waals surface area contributed by atoms with Crippen molar-refractivity contribution >= 4 is 33.3 Å². The molecular weight excluding hydrogens is 388 g/mol. The number of fused-ring (bicyclic) bond motifs is 1. The molecule has 0 saturated carbocycles. The van der Waals surface area contributed by atoms with Crippen molar-refractivity contribution in [3.8, 4) is 0 Å². The Bertz CT molecular complexity index is 871. The molecule has 0 radical (unpaired) electrons. The average molecular weight is 419 g/mol. The summed E-state index contributed by atoms with van der Waals surface area (Å²) in [4.78, 5) is 27.8. The average Bonchev–Trinajstić information content (AvgIpc) is 2.98. The Morgan fingerprint density at radius 1 is 1.17 bits per heavy atom. The van der Waals surface area contributed by atoms with Crippen molar-refractivity contribution in [3.63, 3.8) is 0 Å². The van der Waals surface area contributed by atoms with Gasteiger partial charge in [0.1, 0.15) is 16.5 Å². The van der Waals surface area contributed by atoms with Crippen LogP contribution >= 0.6 is 11.3 Å². The number of ether oxygens (including phenoxy) is 1. The lowest BCUT2D eigenvalue weighted by atomic mass is 10.0. The molecular formula is C20H30N6O2S. The van der Waals surface area contributed by atoms with Gasteiger partial charge in [-0.15, -0.1) is 11.3 Å². The third-order valence-corrected chi connectivity index (χ3v) is 6.95. The maximum absolute atomic E-state index is 11.2. The lowest BCUT2D eigenvalue weighted by molar-refractivity contribution is -0.119. The van der Waals surface area contributed by atoms with E-state index < -0.39 is 0 Å². The molecule has 0 bridgehead atoms. The van der Waals surface area contributed by atoms with Crippen LogP contribution in [-0.4, -0.2) is 77.7 Å². The number of carbonyl (C=O) groups excluding carboxylic acids is 1. The first-order chi connectivity index (χ1) is 14.0. The minimum Gasteiger partial charge on any atom is -0.379 e. The molecule has 8 nitrogen and oxygen atoms in total. The van der Waals surface area contributed by atoms with E-state index in [1.807, 2.05) is 0 Å². The van der Waals surface area contributed by atoms with Gasteiger partial charge in [0.05, 0.1) is 31.7 Å². The molecule has 1 amide bonds. The van der Waals surface area contributed by atoms with E-state index in [0.29, 0.717) is 12.6 Å². The van der Waals surface area contributed by atoms with Crippen LogP contribution in [0.4, 0.5) is 5.82 Å². The highest BCUT2D eigenvalue weighted by molar-refractivity contribution is 7.18. The van der Waals surface area contributed by atoms with Crippen LogP contribution in [0.5, 0.6) is 0 Å². The highest BCUT2D eigenvalue weighted by Crippen LogP contribution is 2.34. The minimum absolute atomic E-state index is 0.258. The number of anilines is 1. The molecule has 2 aromatic heterocycles. The number of likely N-dealkylation sites (tertiary alicyclic amines) is 1. The van der Waals surface area contributed by atoms with Gasteiger partial charge in [-0.05, 0) is 32.3 Å². The van der Waals surface area contributed by atoms with Gasteiger partial charge in [0, 0.05) is 37.1 Å². The third kappa shape index (κ3) is 4.85. The number of nitrogens with zero attached hydrogens (tertiary/aromatic N) is 4. The van der Waals surface area contributed by atoms with E-state index in [0.717, 1.165) is 80.6 Å². The topological polar surface area (TPSA) is 96.6 Å². The Morgan fingerprint density at radius 2 is 1.90 bits per heavy atom. The minimum atomic E-state index is -0.258. The number of hydrogen-bond donors (Lipinski definition) is 2. The highest BCUT2D eigenvalue weighted by Gasteiger charge is 2.23. The van der Waals surface area contributed by atoms with Crippen LogP contribution in [0.3, 0.4) is 0 Å². The van der Waals surface area contributed by atoms with E-state index in [4.69, 9.17) is 20.4 Å². The fourth-order valence-electron chi connectivity index (χ4n) is 4.08. The number of morpholine rings is 1. The Morgan fingerprint density at radius 3 is 2.59 bits per heavy atom. The van der Waals surface area contributed by atoms with Crippen molar-refractivity contribution < 1.29 is 9.53 Å². The van der Waals surface area contributed by atoms with Crippen molar-refractivity contribution in [2.45, 2.75) is 39.3 Å². The van der Waals surface area contributed by atoms with Crippen LogP contribution in [0.25, 0.3) is 10.2 Å². The first-order valence-corrected chi connectivity index (χ1v) is 11.1. The second-order valence-corrected chi connectivity index (χ2v) is 9.20. The fraction of sp³-hybridized carbons (Fsp3) is 0.650. The van der Waals surface area contributed by atoms with Crippen molar-refractivity contribution in [1.29, 1.82) is 0 Å². The number of aryl methyl sites for hydroxylation is 2. The molecule has 3 N–H and O–H groups in total. The van der Waals surface area contributed by atoms with E-state index in [1.165, 1.54) is 10.4 Å². The molecule has 2 aromatic rings. The van der Waals surface area contributed by atoms with E-state index >= 15 is 0 Å². The Kier molecular flexibility index (Phi) is 6.29. The predicted molar refractivity (Wildman–Crippen MR) is 115 cm³/mol. The van der Waals surface area contributed by atoms with Gasteiger partial charge in [-0.25, -0.2) is 9.97 Å². The molecule has 158 valence electrons. The summed E-state index contributed by atoms with van der Waals surface area (Å²) in [6.07, 6.45) is 1.94. The summed E-state index contributed by atoms with van der Waals surface area (Å²) in [5.41, 5.74) is 6.59. The Balaban J connectivity index is 1.53. The summed E-state index contributed by atoms with van der Waals surface area (Å²) < 4.78 is 5.46. The molecule has 0 aromatic carbocycles. The maximum atomic E-state index is 11.2. The maximum Gasteiger partial charge on any atom is 0.231 e. The molecule has 4 heterocycles. The summed E-state index contributed by atoms with van der Waals surface area (Å²) >= 11 is 1.74. The lowest BCUT2D eigenvalue weighted by Gasteiger charge is -2.32. The number of rotatable bonds is 6. The van der Waals surface area contributed by atoms with Gasteiger partial charge in [0.25, 0.3) is 0 Å². The smallest absolute Gasteiger partial charge is 0.231 e. The summed E-state index contributed by atoms with van der Waals surface area (Å²) in [5.74, 6) is 1.56. The van der Waals surface area contributed by atoms with Crippen LogP contribution in [0.15, 0.2) is 0 Å². The molecule has 2 fully saturated rings. The normalized spacial score (nSPS) is 19.7. The van der Waals surface area contributed by atoms with Gasteiger partial charge in [-0.3, -0.25) is 14.6 Å². The molecule has 0 aliphatic carbocycles. The quantitative estimate of drug-likeness (QED) is 0.734. The summed E-state index contributed by atoms with van der Waals surface area (Å²) in [7, 11) is 0. The predicted octanol–water partition coefficient (Wildman–Crippen LogP) is 1.50. The number of piperidine rings is 1. The van der Waals surface area contributed by atoms with Crippen molar-refractivity contribution in [3.05, 3.63) is 16.3 Å². The zero-order valence-corrected chi connectivity index (χ0v) is 18.1. The first-order valence-electron chi connectivity index (χ1n) is 10.3. The molecule has 29 heavy (non-hydrogen) atoms. The van der Waals surface area contributed by atoms with E-state index in [9.17, 15) is 4.79 Å². The van der Waals surface area contributed by atoms with Gasteiger partial charge in [-0.2, -0.15) is 0 Å². The summed E-state index contributed by atoms with van der Waals surface area (Å²) in [6, 6.07) is 0.341. The van der Waals surface area contributed by atoms with Crippen LogP contribution < -0.4 is 11.1 Å². The summed E-state index contributed by atoms with van der Waals surface area (Å²) in [5, 5.41) is 4.85. The molecule has 2 aliphatic heterocycles.